The van der Waals surface area contributed by atoms with E-state index in [1.807, 2.05) is 0 Å². The Labute approximate surface area is 93.4 Å². The van der Waals surface area contributed by atoms with Gasteiger partial charge in [0.25, 0.3) is 0 Å². The number of aromatic nitrogens is 2. The molecule has 1 aromatic heterocycles. The lowest BCUT2D eigenvalue weighted by molar-refractivity contribution is 0.0989. The summed E-state index contributed by atoms with van der Waals surface area (Å²) in [4.78, 5) is 6.94. The molecule has 1 aliphatic carbocycles. The van der Waals surface area contributed by atoms with Crippen LogP contribution in [0.1, 0.15) is 31.5 Å². The summed E-state index contributed by atoms with van der Waals surface area (Å²) in [6, 6.07) is 0.429. The van der Waals surface area contributed by atoms with Crippen molar-refractivity contribution in [1.82, 2.24) is 9.36 Å². The summed E-state index contributed by atoms with van der Waals surface area (Å²) >= 11 is 1.54. The first-order valence-electron chi connectivity index (χ1n) is 5.52. The largest absolute Gasteiger partial charge is 0.377 e. The summed E-state index contributed by atoms with van der Waals surface area (Å²) in [5.41, 5.74) is 0. The number of anilines is 1. The maximum atomic E-state index is 5.41. The second-order valence-corrected chi connectivity index (χ2v) is 5.06. The van der Waals surface area contributed by atoms with Crippen molar-refractivity contribution in [2.45, 2.75) is 31.7 Å². The highest BCUT2D eigenvalue weighted by Gasteiger charge is 2.29. The average molecular weight is 225 g/mol. The lowest BCUT2D eigenvalue weighted by Gasteiger charge is -2.32. The number of ether oxygens (including phenoxy) is 1. The van der Waals surface area contributed by atoms with E-state index >= 15 is 0 Å². The van der Waals surface area contributed by atoms with Crippen LogP contribution in [0.5, 0.6) is 0 Å². The standard InChI is InChI=1S/C10H15N3OS/c1-7-6-14-5-4-13(7)10-11-9(12-15-10)8-2-3-8/h7-8H,2-6H2,1H3/t7-/m1/s1. The van der Waals surface area contributed by atoms with Gasteiger partial charge in [0.05, 0.1) is 19.3 Å². The molecule has 0 radical (unpaired) electrons. The van der Waals surface area contributed by atoms with Gasteiger partial charge in [-0.15, -0.1) is 0 Å². The SMILES string of the molecule is C[C@@H]1COCCN1c1nc(C2CC2)ns1. The van der Waals surface area contributed by atoms with E-state index in [1.165, 1.54) is 24.4 Å². The molecule has 2 heterocycles. The molecular formula is C10H15N3OS. The van der Waals surface area contributed by atoms with Crippen molar-refractivity contribution >= 4 is 16.7 Å². The van der Waals surface area contributed by atoms with Gasteiger partial charge in [-0.1, -0.05) is 0 Å². The van der Waals surface area contributed by atoms with Gasteiger partial charge < -0.3 is 9.64 Å². The van der Waals surface area contributed by atoms with Crippen LogP contribution >= 0.6 is 11.5 Å². The van der Waals surface area contributed by atoms with Gasteiger partial charge in [0.1, 0.15) is 5.82 Å². The minimum atomic E-state index is 0.429. The van der Waals surface area contributed by atoms with E-state index in [1.54, 1.807) is 0 Å². The Bertz CT molecular complexity index is 350. The molecule has 5 heteroatoms. The molecule has 0 amide bonds. The minimum absolute atomic E-state index is 0.429. The molecule has 4 nitrogen and oxygen atoms in total. The van der Waals surface area contributed by atoms with E-state index in [4.69, 9.17) is 4.74 Å². The number of hydrogen-bond donors (Lipinski definition) is 0. The summed E-state index contributed by atoms with van der Waals surface area (Å²) in [5.74, 6) is 1.72. The van der Waals surface area contributed by atoms with Crippen molar-refractivity contribution in [3.05, 3.63) is 5.82 Å². The van der Waals surface area contributed by atoms with E-state index < -0.39 is 0 Å². The summed E-state index contributed by atoms with van der Waals surface area (Å²) in [7, 11) is 0. The van der Waals surface area contributed by atoms with Crippen LogP contribution in [-0.4, -0.2) is 35.2 Å². The van der Waals surface area contributed by atoms with Crippen molar-refractivity contribution < 1.29 is 4.74 Å². The van der Waals surface area contributed by atoms with E-state index in [-0.39, 0.29) is 0 Å². The molecule has 82 valence electrons. The number of rotatable bonds is 2. The van der Waals surface area contributed by atoms with Gasteiger partial charge in [-0.2, -0.15) is 4.37 Å². The molecule has 0 bridgehead atoms. The van der Waals surface area contributed by atoms with Crippen molar-refractivity contribution in [2.75, 3.05) is 24.7 Å². The van der Waals surface area contributed by atoms with Crippen LogP contribution in [-0.2, 0) is 4.74 Å². The molecule has 1 saturated carbocycles. The highest BCUT2D eigenvalue weighted by molar-refractivity contribution is 7.09. The Balaban J connectivity index is 1.78. The van der Waals surface area contributed by atoms with Crippen molar-refractivity contribution in [3.63, 3.8) is 0 Å². The third-order valence-corrected chi connectivity index (χ3v) is 3.75. The van der Waals surface area contributed by atoms with Crippen LogP contribution in [0.3, 0.4) is 0 Å². The third-order valence-electron chi connectivity index (χ3n) is 2.99. The monoisotopic (exact) mass is 225 g/mol. The van der Waals surface area contributed by atoms with Gasteiger partial charge >= 0.3 is 0 Å². The van der Waals surface area contributed by atoms with E-state index in [0.717, 1.165) is 30.7 Å². The topological polar surface area (TPSA) is 38.2 Å². The predicted molar refractivity (Wildman–Crippen MR) is 59.5 cm³/mol. The Hall–Kier alpha value is -0.680. The molecule has 0 N–H and O–H groups in total. The van der Waals surface area contributed by atoms with Gasteiger partial charge in [-0.05, 0) is 19.8 Å². The van der Waals surface area contributed by atoms with Crippen LogP contribution in [0.15, 0.2) is 0 Å². The lowest BCUT2D eigenvalue weighted by Crippen LogP contribution is -2.43. The molecule has 0 unspecified atom stereocenters. The molecule has 1 atom stereocenters. The van der Waals surface area contributed by atoms with Gasteiger partial charge in [0.2, 0.25) is 5.13 Å². The number of nitrogens with zero attached hydrogens (tertiary/aromatic N) is 3. The Morgan fingerprint density at radius 3 is 3.07 bits per heavy atom. The van der Waals surface area contributed by atoms with Crippen molar-refractivity contribution in [2.24, 2.45) is 0 Å². The molecule has 1 saturated heterocycles. The summed E-state index contributed by atoms with van der Waals surface area (Å²) in [6.45, 7) is 4.73. The van der Waals surface area contributed by atoms with E-state index in [2.05, 4.69) is 21.2 Å². The van der Waals surface area contributed by atoms with Crippen molar-refractivity contribution in [3.8, 4) is 0 Å². The molecule has 1 aromatic rings. The zero-order valence-electron chi connectivity index (χ0n) is 8.85. The van der Waals surface area contributed by atoms with Crippen LogP contribution in [0.2, 0.25) is 0 Å². The fraction of sp³-hybridized carbons (Fsp3) is 0.800. The van der Waals surface area contributed by atoms with Gasteiger partial charge in [-0.25, -0.2) is 4.98 Å². The highest BCUT2D eigenvalue weighted by atomic mass is 32.1. The molecule has 1 aliphatic heterocycles. The minimum Gasteiger partial charge on any atom is -0.377 e. The van der Waals surface area contributed by atoms with Gasteiger partial charge in [0, 0.05) is 24.0 Å². The first kappa shape index (κ1) is 9.54. The Kier molecular flexibility index (Phi) is 2.36. The van der Waals surface area contributed by atoms with Crippen LogP contribution in [0.4, 0.5) is 5.13 Å². The highest BCUT2D eigenvalue weighted by Crippen LogP contribution is 2.39. The van der Waals surface area contributed by atoms with Crippen LogP contribution in [0, 0.1) is 0 Å². The lowest BCUT2D eigenvalue weighted by atomic mass is 10.3. The first-order valence-corrected chi connectivity index (χ1v) is 6.30. The molecule has 0 spiro atoms. The fourth-order valence-electron chi connectivity index (χ4n) is 1.86. The van der Waals surface area contributed by atoms with Crippen molar-refractivity contribution in [1.29, 1.82) is 0 Å². The maximum absolute atomic E-state index is 5.41. The molecule has 2 aliphatic rings. The van der Waals surface area contributed by atoms with Gasteiger partial charge in [-0.3, -0.25) is 0 Å². The smallest absolute Gasteiger partial charge is 0.205 e. The first-order chi connectivity index (χ1) is 7.34. The normalized spacial score (nSPS) is 27.0. The zero-order valence-corrected chi connectivity index (χ0v) is 9.66. The molecule has 3 rings (SSSR count). The summed E-state index contributed by atoms with van der Waals surface area (Å²) in [6.07, 6.45) is 2.55. The third kappa shape index (κ3) is 1.86. The molecule has 0 aromatic carbocycles. The predicted octanol–water partition coefficient (Wildman–Crippen LogP) is 1.64. The summed E-state index contributed by atoms with van der Waals surface area (Å²) < 4.78 is 9.85. The van der Waals surface area contributed by atoms with Gasteiger partial charge in [0.15, 0.2) is 0 Å². The summed E-state index contributed by atoms with van der Waals surface area (Å²) in [5, 5.41) is 1.08. The molecule has 2 fully saturated rings. The molecular weight excluding hydrogens is 210 g/mol. The zero-order chi connectivity index (χ0) is 10.3. The molecule has 15 heavy (non-hydrogen) atoms. The quantitative estimate of drug-likeness (QED) is 0.767. The van der Waals surface area contributed by atoms with Crippen LogP contribution < -0.4 is 4.90 Å². The number of morpholine rings is 1. The fourth-order valence-corrected chi connectivity index (χ4v) is 2.74. The maximum Gasteiger partial charge on any atom is 0.205 e. The Morgan fingerprint density at radius 1 is 1.47 bits per heavy atom. The van der Waals surface area contributed by atoms with E-state index in [9.17, 15) is 0 Å². The average Bonchev–Trinajstić information content (AvgIpc) is 2.99. The van der Waals surface area contributed by atoms with E-state index in [0.29, 0.717) is 12.0 Å². The Morgan fingerprint density at radius 2 is 2.33 bits per heavy atom. The number of hydrogen-bond acceptors (Lipinski definition) is 5. The van der Waals surface area contributed by atoms with Crippen LogP contribution in [0.25, 0.3) is 0 Å². The second kappa shape index (κ2) is 3.72. The second-order valence-electron chi connectivity index (χ2n) is 4.33.